The summed E-state index contributed by atoms with van der Waals surface area (Å²) in [4.78, 5) is 8.62. The van der Waals surface area contributed by atoms with E-state index in [2.05, 4.69) is 384 Å². The number of hydrogen-bond acceptors (Lipinski definition) is 4. The first-order valence-electron chi connectivity index (χ1n) is 42.3. The van der Waals surface area contributed by atoms with E-state index >= 15 is 0 Å². The lowest BCUT2D eigenvalue weighted by Gasteiger charge is -2.22. The summed E-state index contributed by atoms with van der Waals surface area (Å²) >= 11 is 1.89. The molecule has 0 amide bonds. The fourth-order valence-corrected chi connectivity index (χ4v) is 18.5. The molecule has 0 saturated carbocycles. The Bertz CT molecular complexity index is 7030. The number of aryl methyl sites for hydroxylation is 14. The Labute approximate surface area is 728 Å². The second-order valence-corrected chi connectivity index (χ2v) is 35.0. The molecule has 0 radical (unpaired) electrons. The monoisotopic (exact) mass is 1650 g/mol. The molecule has 1 aliphatic rings. The Hall–Kier alpha value is -13.3. The fourth-order valence-electron chi connectivity index (χ4n) is 17.2. The van der Waals surface area contributed by atoms with Crippen LogP contribution in [0.5, 0.6) is 0 Å². The summed E-state index contributed by atoms with van der Waals surface area (Å²) in [6.07, 6.45) is 0. The van der Waals surface area contributed by atoms with Gasteiger partial charge >= 0.3 is 0 Å². The van der Waals surface area contributed by atoms with E-state index in [-0.39, 0.29) is 5.41 Å². The molecule has 1 aliphatic carbocycles. The summed E-state index contributed by atoms with van der Waals surface area (Å²) in [7, 11) is 0. The van der Waals surface area contributed by atoms with Crippen molar-refractivity contribution < 1.29 is 22.0 Å². The second kappa shape index (κ2) is 36.0. The average Bonchev–Trinajstić information content (AvgIpc) is 1.57. The highest BCUT2D eigenvalue weighted by Crippen LogP contribution is 2.49. The van der Waals surface area contributed by atoms with E-state index in [4.69, 9.17) is 4.42 Å². The smallest absolute Gasteiger partial charge is 0.165 e. The number of halogens is 4. The fraction of sp³-hybridized carbons (Fsp3) is 0.165. The number of nitrogens with zero attached hydrogens (tertiary/aromatic N) is 3. The highest BCUT2D eigenvalue weighted by atomic mass is 32.1. The number of hydrogen-bond donors (Lipinski definition) is 0. The Balaban J connectivity index is 0.000000110. The minimum atomic E-state index is -1.33. The standard InChI is InChI=1S/C20H17N.C17H18.2C16H14.C14H12O.C14H12S.C10H10N2.C8H6F4/c1-14-8-10-19-17(12-14)18-13-15(2)9-11-20(18)21(19)16-6-4-3-5-7-16;1-11-5-7-13-14-8-6-12(2)10-16(14)17(3,4)15(13)9-11;1-11-3-7-15-13(9-11)5-6-14-10-12(2)4-8-16(14)15;1-11-13-7-3-5-9-15(13)12(2)16-10-6-4-8-14(11)16;2*1-9-3-5-11-12-6-4-10(2)8-14(12)15-13(11)7-9;1-7-9-5-3-4-6-10(9)12-8(2)11-7;1-3-5(9)7(11)4(2)8(12)6(3)10/h3-13H,1-2H3;5-10H,1-4H3;2*3-10H,1-2H3;2*3-8H,1-2H3;3-6H,1-2H3;1-2H3. The molecule has 618 valence electrons. The molecule has 0 saturated heterocycles. The van der Waals surface area contributed by atoms with Crippen LogP contribution in [-0.4, -0.2) is 14.5 Å². The van der Waals surface area contributed by atoms with E-state index < -0.39 is 34.4 Å². The highest BCUT2D eigenvalue weighted by Gasteiger charge is 2.35. The van der Waals surface area contributed by atoms with Crippen LogP contribution in [0.15, 0.2) is 302 Å². The zero-order chi connectivity index (χ0) is 87.7. The van der Waals surface area contributed by atoms with Crippen molar-refractivity contribution in [1.82, 2.24) is 14.5 Å². The first-order chi connectivity index (χ1) is 59.5. The topological polar surface area (TPSA) is 43.9 Å². The van der Waals surface area contributed by atoms with Crippen molar-refractivity contribution in [2.75, 3.05) is 0 Å². The number of aromatic nitrogens is 3. The molecule has 21 aromatic rings. The molecule has 4 nitrogen and oxygen atoms in total. The van der Waals surface area contributed by atoms with Crippen LogP contribution in [0, 0.1) is 134 Å². The number of fused-ring (bicyclic) bond motifs is 18. The van der Waals surface area contributed by atoms with Crippen molar-refractivity contribution in [3.63, 3.8) is 0 Å². The van der Waals surface area contributed by atoms with Crippen LogP contribution in [0.1, 0.15) is 114 Å². The molecule has 0 unspecified atom stereocenters. The molecule has 9 heteroatoms. The van der Waals surface area contributed by atoms with Crippen molar-refractivity contribution in [3.8, 4) is 16.8 Å². The number of furan rings is 1. The second-order valence-electron chi connectivity index (χ2n) is 33.9. The van der Waals surface area contributed by atoms with Crippen LogP contribution in [0.25, 0.3) is 135 Å². The van der Waals surface area contributed by atoms with Gasteiger partial charge in [0.05, 0.1) is 16.6 Å². The minimum Gasteiger partial charge on any atom is -0.456 e. The Morgan fingerprint density at radius 3 is 1.02 bits per heavy atom. The third-order valence-corrected chi connectivity index (χ3v) is 25.0. The van der Waals surface area contributed by atoms with Gasteiger partial charge in [-0.1, -0.05) is 278 Å². The molecular weight excluding hydrogens is 1550 g/mol. The predicted molar refractivity (Wildman–Crippen MR) is 522 cm³/mol. The molecular formula is C115H103F4N3OS. The van der Waals surface area contributed by atoms with E-state index in [1.807, 2.05) is 49.4 Å². The van der Waals surface area contributed by atoms with Gasteiger partial charge in [-0.2, -0.15) is 0 Å². The molecule has 124 heavy (non-hydrogen) atoms. The van der Waals surface area contributed by atoms with Gasteiger partial charge in [0.1, 0.15) is 17.0 Å². The Kier molecular flexibility index (Phi) is 24.9. The number of benzene rings is 17. The van der Waals surface area contributed by atoms with Crippen molar-refractivity contribution in [1.29, 1.82) is 0 Å². The van der Waals surface area contributed by atoms with Gasteiger partial charge < -0.3 is 8.98 Å². The molecule has 4 aromatic heterocycles. The van der Waals surface area contributed by atoms with Gasteiger partial charge in [-0.3, -0.25) is 0 Å². The summed E-state index contributed by atoms with van der Waals surface area (Å²) in [6.45, 7) is 36.4. The number of rotatable bonds is 1. The predicted octanol–water partition coefficient (Wildman–Crippen LogP) is 33.2. The van der Waals surface area contributed by atoms with Crippen LogP contribution in [0.2, 0.25) is 0 Å². The van der Waals surface area contributed by atoms with E-state index in [9.17, 15) is 17.6 Å². The lowest BCUT2D eigenvalue weighted by Crippen LogP contribution is -2.15. The first kappa shape index (κ1) is 85.6. The number of para-hydroxylation sites is 2. The van der Waals surface area contributed by atoms with Gasteiger partial charge in [0.25, 0.3) is 0 Å². The van der Waals surface area contributed by atoms with E-state index in [1.165, 1.54) is 191 Å². The van der Waals surface area contributed by atoms with Crippen LogP contribution in [0.4, 0.5) is 17.6 Å². The molecule has 17 aromatic carbocycles. The molecule has 0 N–H and O–H groups in total. The van der Waals surface area contributed by atoms with Crippen LogP contribution < -0.4 is 0 Å². The van der Waals surface area contributed by atoms with Gasteiger partial charge in [0.2, 0.25) is 0 Å². The van der Waals surface area contributed by atoms with Gasteiger partial charge in [-0.05, 0) is 276 Å². The SMILES string of the molecule is Cc1c(F)c(F)c(C)c(F)c1F.Cc1c2ccccc2c(C)c2ccccc12.Cc1ccc2c(c1)C(C)(C)c1cc(C)ccc1-2.Cc1ccc2c(c1)c1cc(C)ccc1n2-c1ccccc1.Cc1ccc2c(c1)oc1cc(C)ccc12.Cc1ccc2c(c1)sc1cc(C)ccc12.Cc1ccc2c(ccc3cc(C)ccc32)c1.Cc1nc(C)c2ccccc2n1. The third kappa shape index (κ3) is 17.7. The zero-order valence-electron chi connectivity index (χ0n) is 74.0. The minimum absolute atomic E-state index is 0.142. The maximum Gasteiger partial charge on any atom is 0.165 e. The van der Waals surface area contributed by atoms with Gasteiger partial charge in [0, 0.05) is 75.0 Å². The lowest BCUT2D eigenvalue weighted by molar-refractivity contribution is 0.436. The summed E-state index contributed by atoms with van der Waals surface area (Å²) < 4.78 is 61.6. The maximum atomic E-state index is 12.7. The molecule has 0 atom stereocenters. The molecule has 0 spiro atoms. The van der Waals surface area contributed by atoms with Gasteiger partial charge in [0.15, 0.2) is 23.3 Å². The first-order valence-corrected chi connectivity index (χ1v) is 43.1. The maximum absolute atomic E-state index is 12.7. The van der Waals surface area contributed by atoms with E-state index in [0.717, 1.165) is 47.4 Å². The molecule has 0 fully saturated rings. The average molecular weight is 1650 g/mol. The molecule has 0 aliphatic heterocycles. The zero-order valence-corrected chi connectivity index (χ0v) is 74.8. The summed E-state index contributed by atoms with van der Waals surface area (Å²) in [5.41, 5.74) is 28.3. The molecule has 22 rings (SSSR count). The van der Waals surface area contributed by atoms with Crippen molar-refractivity contribution >= 4 is 129 Å². The van der Waals surface area contributed by atoms with Crippen molar-refractivity contribution in [2.24, 2.45) is 0 Å². The van der Waals surface area contributed by atoms with E-state index in [0.29, 0.717) is 0 Å². The third-order valence-electron chi connectivity index (χ3n) is 23.9. The molecule has 4 heterocycles. The highest BCUT2D eigenvalue weighted by molar-refractivity contribution is 7.25. The Morgan fingerprint density at radius 2 is 0.605 bits per heavy atom. The van der Waals surface area contributed by atoms with Crippen molar-refractivity contribution in [2.45, 2.75) is 130 Å². The number of thiophene rings is 1. The van der Waals surface area contributed by atoms with Crippen LogP contribution in [0.3, 0.4) is 0 Å². The van der Waals surface area contributed by atoms with E-state index in [1.54, 1.807) is 0 Å². The van der Waals surface area contributed by atoms with Gasteiger partial charge in [-0.25, -0.2) is 27.5 Å². The lowest BCUT2D eigenvalue weighted by atomic mass is 9.81. The summed E-state index contributed by atoms with van der Waals surface area (Å²) in [5, 5.41) is 19.8. The van der Waals surface area contributed by atoms with Crippen LogP contribution in [-0.2, 0) is 5.41 Å². The van der Waals surface area contributed by atoms with Crippen LogP contribution >= 0.6 is 11.3 Å². The largest absolute Gasteiger partial charge is 0.456 e. The van der Waals surface area contributed by atoms with Gasteiger partial charge in [-0.15, -0.1) is 11.3 Å². The Morgan fingerprint density at radius 1 is 0.274 bits per heavy atom. The summed E-state index contributed by atoms with van der Waals surface area (Å²) in [6, 6.07) is 107. The quantitative estimate of drug-likeness (QED) is 0.0712. The summed E-state index contributed by atoms with van der Waals surface area (Å²) in [5.74, 6) is -4.47. The normalized spacial score (nSPS) is 11.7. The van der Waals surface area contributed by atoms with Crippen molar-refractivity contribution in [3.05, 3.63) is 421 Å². The molecule has 0 bridgehead atoms.